The van der Waals surface area contributed by atoms with Crippen LogP contribution in [0, 0.1) is 0 Å². The van der Waals surface area contributed by atoms with Gasteiger partial charge in [0.15, 0.2) is 0 Å². The Morgan fingerprint density at radius 3 is 2.15 bits per heavy atom. The molecule has 0 fully saturated rings. The molecule has 1 aliphatic heterocycles. The molecule has 0 unspecified atom stereocenters. The van der Waals surface area contributed by atoms with E-state index in [1.807, 2.05) is 0 Å². The van der Waals surface area contributed by atoms with E-state index in [-0.39, 0.29) is 0 Å². The molecule has 0 saturated carbocycles. The Hall–Kier alpha value is -1.64. The largest absolute Gasteiger partial charge is 0.326 e. The summed E-state index contributed by atoms with van der Waals surface area (Å²) in [5.41, 5.74) is 11.4. The summed E-state index contributed by atoms with van der Waals surface area (Å²) in [4.78, 5) is 2.55. The first-order valence-electron chi connectivity index (χ1n) is 7.42. The van der Waals surface area contributed by atoms with Crippen LogP contribution >= 0.6 is 0 Å². The van der Waals surface area contributed by atoms with Gasteiger partial charge in [0.1, 0.15) is 0 Å². The second-order valence-corrected chi connectivity index (χ2v) is 5.57. The first-order chi connectivity index (χ1) is 9.85. The highest BCUT2D eigenvalue weighted by Gasteiger charge is 2.13. The van der Waals surface area contributed by atoms with Gasteiger partial charge < -0.3 is 5.73 Å². The Kier molecular flexibility index (Phi) is 4.14. The molecular weight excluding hydrogens is 244 g/mol. The predicted molar refractivity (Wildman–Crippen MR) is 83.5 cm³/mol. The molecule has 0 saturated heterocycles. The van der Waals surface area contributed by atoms with Gasteiger partial charge in [-0.2, -0.15) is 0 Å². The zero-order valence-electron chi connectivity index (χ0n) is 11.9. The van der Waals surface area contributed by atoms with E-state index in [1.54, 1.807) is 0 Å². The summed E-state index contributed by atoms with van der Waals surface area (Å²) in [6, 6.07) is 17.5. The Balaban J connectivity index is 1.68. The maximum Gasteiger partial charge on any atom is 0.0234 e. The minimum absolute atomic E-state index is 0.624. The lowest BCUT2D eigenvalue weighted by molar-refractivity contribution is 0.279. The van der Waals surface area contributed by atoms with Crippen LogP contribution in [0.3, 0.4) is 0 Å². The molecule has 2 nitrogen and oxygen atoms in total. The van der Waals surface area contributed by atoms with E-state index >= 15 is 0 Å². The van der Waals surface area contributed by atoms with Crippen molar-refractivity contribution in [3.8, 4) is 0 Å². The molecule has 2 heteroatoms. The van der Waals surface area contributed by atoms with Crippen molar-refractivity contribution < 1.29 is 0 Å². The van der Waals surface area contributed by atoms with Gasteiger partial charge in [0.25, 0.3) is 0 Å². The normalized spacial score (nSPS) is 15.7. The summed E-state index contributed by atoms with van der Waals surface area (Å²) in [5.74, 6) is 0. The second-order valence-electron chi connectivity index (χ2n) is 5.57. The van der Waals surface area contributed by atoms with Crippen LogP contribution in [0.2, 0.25) is 0 Å². The van der Waals surface area contributed by atoms with Gasteiger partial charge in [0.05, 0.1) is 0 Å². The average molecular weight is 266 g/mol. The summed E-state index contributed by atoms with van der Waals surface area (Å²) < 4.78 is 0. The summed E-state index contributed by atoms with van der Waals surface area (Å²) >= 11 is 0. The first-order valence-corrected chi connectivity index (χ1v) is 7.42. The van der Waals surface area contributed by atoms with Crippen molar-refractivity contribution in [3.05, 3.63) is 70.8 Å². The van der Waals surface area contributed by atoms with Crippen LogP contribution in [0.5, 0.6) is 0 Å². The molecule has 0 aromatic heterocycles. The molecule has 2 N–H and O–H groups in total. The summed E-state index contributed by atoms with van der Waals surface area (Å²) in [7, 11) is 0. The Labute approximate surface area is 121 Å². The fraction of sp³-hybridized carbons (Fsp3) is 0.333. The van der Waals surface area contributed by atoms with E-state index in [0.717, 1.165) is 32.5 Å². The fourth-order valence-electron chi connectivity index (χ4n) is 2.99. The van der Waals surface area contributed by atoms with Crippen molar-refractivity contribution in [1.29, 1.82) is 0 Å². The van der Waals surface area contributed by atoms with E-state index in [1.165, 1.54) is 22.3 Å². The summed E-state index contributed by atoms with van der Waals surface area (Å²) in [6.45, 7) is 3.94. The van der Waals surface area contributed by atoms with Gasteiger partial charge in [-0.05, 0) is 35.1 Å². The van der Waals surface area contributed by atoms with Crippen LogP contribution < -0.4 is 5.73 Å². The molecule has 3 rings (SSSR count). The molecule has 0 atom stereocenters. The number of hydrogen-bond donors (Lipinski definition) is 1. The minimum Gasteiger partial charge on any atom is -0.326 e. The summed E-state index contributed by atoms with van der Waals surface area (Å²) in [6.07, 6.45) is 2.32. The Bertz CT molecular complexity index is 550. The molecular formula is C18H22N2. The van der Waals surface area contributed by atoms with Crippen molar-refractivity contribution in [3.63, 3.8) is 0 Å². The molecule has 0 aliphatic carbocycles. The lowest BCUT2D eigenvalue weighted by atomic mass is 10.0. The van der Waals surface area contributed by atoms with E-state index in [9.17, 15) is 0 Å². The third kappa shape index (κ3) is 3.09. The van der Waals surface area contributed by atoms with Gasteiger partial charge in [-0.1, -0.05) is 48.5 Å². The number of hydrogen-bond acceptors (Lipinski definition) is 2. The molecule has 2 aromatic rings. The lowest BCUT2D eigenvalue weighted by Crippen LogP contribution is -2.26. The highest BCUT2D eigenvalue weighted by molar-refractivity contribution is 5.29. The number of nitrogens with two attached hydrogens (primary N) is 1. The maximum atomic E-state index is 5.72. The lowest BCUT2D eigenvalue weighted by Gasteiger charge is -2.20. The van der Waals surface area contributed by atoms with Gasteiger partial charge in [-0.25, -0.2) is 0 Å². The fourth-order valence-corrected chi connectivity index (χ4v) is 2.99. The SMILES string of the molecule is NCc1cccc(CN2CCc3ccccc3CC2)c1. The van der Waals surface area contributed by atoms with Crippen LogP contribution in [0.4, 0.5) is 0 Å². The number of benzene rings is 2. The topological polar surface area (TPSA) is 29.3 Å². The second kappa shape index (κ2) is 6.21. The predicted octanol–water partition coefficient (Wildman–Crippen LogP) is 2.75. The highest BCUT2D eigenvalue weighted by atomic mass is 15.1. The maximum absolute atomic E-state index is 5.72. The van der Waals surface area contributed by atoms with Crippen molar-refractivity contribution in [1.82, 2.24) is 4.90 Å². The van der Waals surface area contributed by atoms with Gasteiger partial charge in [0, 0.05) is 26.2 Å². The third-order valence-corrected chi connectivity index (χ3v) is 4.15. The Morgan fingerprint density at radius 2 is 1.50 bits per heavy atom. The molecule has 0 amide bonds. The average Bonchev–Trinajstić information content (AvgIpc) is 2.70. The molecule has 104 valence electrons. The minimum atomic E-state index is 0.624. The van der Waals surface area contributed by atoms with E-state index in [4.69, 9.17) is 5.73 Å². The number of nitrogens with zero attached hydrogens (tertiary/aromatic N) is 1. The zero-order valence-corrected chi connectivity index (χ0v) is 11.9. The molecule has 20 heavy (non-hydrogen) atoms. The van der Waals surface area contributed by atoms with E-state index in [0.29, 0.717) is 6.54 Å². The van der Waals surface area contributed by atoms with Crippen LogP contribution in [0.15, 0.2) is 48.5 Å². The van der Waals surface area contributed by atoms with Crippen LogP contribution in [0.25, 0.3) is 0 Å². The van der Waals surface area contributed by atoms with Gasteiger partial charge >= 0.3 is 0 Å². The smallest absolute Gasteiger partial charge is 0.0234 e. The first kappa shape index (κ1) is 13.3. The molecule has 0 bridgehead atoms. The molecule has 2 aromatic carbocycles. The quantitative estimate of drug-likeness (QED) is 0.925. The van der Waals surface area contributed by atoms with Crippen molar-refractivity contribution in [2.45, 2.75) is 25.9 Å². The van der Waals surface area contributed by atoms with Crippen LogP contribution in [0.1, 0.15) is 22.3 Å². The molecule has 0 radical (unpaired) electrons. The highest BCUT2D eigenvalue weighted by Crippen LogP contribution is 2.17. The number of rotatable bonds is 3. The Morgan fingerprint density at radius 1 is 0.850 bits per heavy atom. The van der Waals surface area contributed by atoms with Crippen molar-refractivity contribution in [2.75, 3.05) is 13.1 Å². The van der Waals surface area contributed by atoms with Gasteiger partial charge in [-0.15, -0.1) is 0 Å². The van der Waals surface area contributed by atoms with Crippen molar-refractivity contribution >= 4 is 0 Å². The third-order valence-electron chi connectivity index (χ3n) is 4.15. The van der Waals surface area contributed by atoms with Gasteiger partial charge in [-0.3, -0.25) is 4.90 Å². The molecule has 1 heterocycles. The summed E-state index contributed by atoms with van der Waals surface area (Å²) in [5, 5.41) is 0. The van der Waals surface area contributed by atoms with Crippen LogP contribution in [-0.4, -0.2) is 18.0 Å². The standard InChI is InChI=1S/C18H22N2/c19-13-15-4-3-5-16(12-15)14-20-10-8-17-6-1-2-7-18(17)9-11-20/h1-7,12H,8-11,13-14,19H2. The van der Waals surface area contributed by atoms with E-state index in [2.05, 4.69) is 53.4 Å². The monoisotopic (exact) mass is 266 g/mol. The molecule has 1 aliphatic rings. The van der Waals surface area contributed by atoms with Crippen LogP contribution in [-0.2, 0) is 25.9 Å². The number of fused-ring (bicyclic) bond motifs is 1. The van der Waals surface area contributed by atoms with Gasteiger partial charge in [0.2, 0.25) is 0 Å². The zero-order chi connectivity index (χ0) is 13.8. The van der Waals surface area contributed by atoms with Crippen molar-refractivity contribution in [2.24, 2.45) is 5.73 Å². The molecule has 0 spiro atoms. The van der Waals surface area contributed by atoms with E-state index < -0.39 is 0 Å².